The minimum Gasteiger partial charge on any atom is -0.307 e. The van der Waals surface area contributed by atoms with Gasteiger partial charge in [-0.25, -0.2) is 0 Å². The zero-order valence-electron chi connectivity index (χ0n) is 18.8. The molecule has 3 aromatic carbocycles. The van der Waals surface area contributed by atoms with Gasteiger partial charge in [-0.15, -0.1) is 0 Å². The number of piperidine rings is 1. The van der Waals surface area contributed by atoms with Gasteiger partial charge in [-0.05, 0) is 80.4 Å². The molecule has 7 heteroatoms. The van der Waals surface area contributed by atoms with E-state index in [1.807, 2.05) is 23.1 Å². The molecule has 1 saturated heterocycles. The van der Waals surface area contributed by atoms with Crippen LogP contribution in [0.25, 0.3) is 0 Å². The summed E-state index contributed by atoms with van der Waals surface area (Å²) in [7, 11) is 0. The van der Waals surface area contributed by atoms with Crippen LogP contribution in [0.1, 0.15) is 39.9 Å². The summed E-state index contributed by atoms with van der Waals surface area (Å²) in [4.78, 5) is 17.9. The summed E-state index contributed by atoms with van der Waals surface area (Å²) < 4.78 is 0. The smallest absolute Gasteiger partial charge is 0.259 e. The Morgan fingerprint density at radius 3 is 2.35 bits per heavy atom. The predicted octanol–water partition coefficient (Wildman–Crippen LogP) is 7.80. The fourth-order valence-corrected chi connectivity index (χ4v) is 6.05. The molecular weight excluding hydrogens is 510 g/mol. The van der Waals surface area contributed by atoms with Gasteiger partial charge in [-0.2, -0.15) is 0 Å². The van der Waals surface area contributed by atoms with E-state index in [0.717, 1.165) is 43.7 Å². The van der Waals surface area contributed by atoms with E-state index in [-0.39, 0.29) is 11.3 Å². The van der Waals surface area contributed by atoms with Crippen LogP contribution in [0.15, 0.2) is 54.6 Å². The van der Waals surface area contributed by atoms with Crippen molar-refractivity contribution in [2.45, 2.75) is 31.7 Å². The van der Waals surface area contributed by atoms with Crippen LogP contribution in [-0.4, -0.2) is 30.4 Å². The molecule has 0 bridgehead atoms. The van der Waals surface area contributed by atoms with Gasteiger partial charge in [-0.3, -0.25) is 9.69 Å². The molecule has 1 spiro atoms. The third-order valence-electron chi connectivity index (χ3n) is 7.09. The van der Waals surface area contributed by atoms with Crippen molar-refractivity contribution in [3.05, 3.63) is 96.9 Å². The molecule has 0 saturated carbocycles. The Morgan fingerprint density at radius 2 is 1.65 bits per heavy atom. The minimum absolute atomic E-state index is 0.0654. The van der Waals surface area contributed by atoms with E-state index >= 15 is 0 Å². The Hall–Kier alpha value is -1.75. The third kappa shape index (κ3) is 4.45. The van der Waals surface area contributed by atoms with Crippen molar-refractivity contribution in [3.63, 3.8) is 0 Å². The van der Waals surface area contributed by atoms with E-state index in [2.05, 4.69) is 30.0 Å². The zero-order valence-corrected chi connectivity index (χ0v) is 21.8. The average molecular weight is 534 g/mol. The molecule has 2 aliphatic heterocycles. The van der Waals surface area contributed by atoms with Crippen molar-refractivity contribution in [1.29, 1.82) is 0 Å². The topological polar surface area (TPSA) is 23.6 Å². The van der Waals surface area contributed by atoms with Gasteiger partial charge in [0, 0.05) is 29.2 Å². The van der Waals surface area contributed by atoms with Crippen LogP contribution in [0, 0.1) is 6.92 Å². The molecule has 3 aromatic rings. The van der Waals surface area contributed by atoms with Crippen molar-refractivity contribution in [2.75, 3.05) is 24.5 Å². The SMILES string of the molecule is Cc1ccc2c(c1)C1(CCN(Cc3ccc(Cl)c(Cl)c3)CC1)CN2C(=O)c1ccc(Cl)cc1Cl. The Morgan fingerprint density at radius 1 is 0.882 bits per heavy atom. The summed E-state index contributed by atoms with van der Waals surface area (Å²) in [5.74, 6) is -0.0816. The predicted molar refractivity (Wildman–Crippen MR) is 142 cm³/mol. The third-order valence-corrected chi connectivity index (χ3v) is 8.37. The lowest BCUT2D eigenvalue weighted by Crippen LogP contribution is -2.45. The lowest BCUT2D eigenvalue weighted by molar-refractivity contribution is 0.0975. The molecule has 2 heterocycles. The molecule has 1 fully saturated rings. The van der Waals surface area contributed by atoms with Crippen LogP contribution in [0.5, 0.6) is 0 Å². The van der Waals surface area contributed by atoms with Gasteiger partial charge < -0.3 is 4.90 Å². The number of likely N-dealkylation sites (tertiary alicyclic amines) is 1. The molecule has 0 unspecified atom stereocenters. The Labute approximate surface area is 220 Å². The number of nitrogens with zero attached hydrogens (tertiary/aromatic N) is 2. The molecule has 0 radical (unpaired) electrons. The molecule has 1 amide bonds. The molecule has 0 aromatic heterocycles. The summed E-state index contributed by atoms with van der Waals surface area (Å²) in [5, 5.41) is 2.06. The Bertz CT molecular complexity index is 1270. The number of halogens is 4. The van der Waals surface area contributed by atoms with Gasteiger partial charge in [-0.1, -0.05) is 70.2 Å². The molecule has 176 valence electrons. The fourth-order valence-electron chi connectivity index (χ4n) is 5.24. The lowest BCUT2D eigenvalue weighted by Gasteiger charge is -2.40. The highest BCUT2D eigenvalue weighted by Gasteiger charge is 2.46. The summed E-state index contributed by atoms with van der Waals surface area (Å²) in [5.41, 5.74) is 5.02. The van der Waals surface area contributed by atoms with Crippen molar-refractivity contribution in [1.82, 2.24) is 4.90 Å². The monoisotopic (exact) mass is 532 g/mol. The largest absolute Gasteiger partial charge is 0.307 e. The quantitative estimate of drug-likeness (QED) is 0.343. The van der Waals surface area contributed by atoms with Gasteiger partial charge in [0.2, 0.25) is 0 Å². The van der Waals surface area contributed by atoms with Crippen molar-refractivity contribution in [2.24, 2.45) is 0 Å². The van der Waals surface area contributed by atoms with E-state index in [1.54, 1.807) is 18.2 Å². The molecular formula is C27H24Cl4N2O. The Balaban J connectivity index is 1.39. The summed E-state index contributed by atoms with van der Waals surface area (Å²) in [6.45, 7) is 5.48. The normalized spacial score (nSPS) is 17.3. The van der Waals surface area contributed by atoms with Crippen molar-refractivity contribution in [3.8, 4) is 0 Å². The van der Waals surface area contributed by atoms with Crippen molar-refractivity contribution < 1.29 is 4.79 Å². The van der Waals surface area contributed by atoms with Crippen LogP contribution >= 0.6 is 46.4 Å². The first kappa shape index (κ1) is 24.0. The number of anilines is 1. The average Bonchev–Trinajstić information content (AvgIpc) is 3.11. The second kappa shape index (κ2) is 9.37. The van der Waals surface area contributed by atoms with Gasteiger partial charge >= 0.3 is 0 Å². The first-order valence-electron chi connectivity index (χ1n) is 11.3. The first-order valence-corrected chi connectivity index (χ1v) is 12.8. The summed E-state index contributed by atoms with van der Waals surface area (Å²) in [6.07, 6.45) is 1.95. The highest BCUT2D eigenvalue weighted by atomic mass is 35.5. The number of fused-ring (bicyclic) bond motifs is 2. The first-order chi connectivity index (χ1) is 16.3. The lowest BCUT2D eigenvalue weighted by atomic mass is 9.74. The van der Waals surface area contributed by atoms with Gasteiger partial charge in [0.15, 0.2) is 0 Å². The van der Waals surface area contributed by atoms with Crippen molar-refractivity contribution >= 4 is 58.0 Å². The number of benzene rings is 3. The van der Waals surface area contributed by atoms with Crippen LogP contribution in [0.2, 0.25) is 20.1 Å². The van der Waals surface area contributed by atoms with Gasteiger partial charge in [0.1, 0.15) is 0 Å². The second-order valence-corrected chi connectivity index (χ2v) is 11.0. The number of hydrogen-bond donors (Lipinski definition) is 0. The van der Waals surface area contributed by atoms with Gasteiger partial charge in [0.05, 0.1) is 20.6 Å². The number of carbonyl (C=O) groups is 1. The Kier molecular flexibility index (Phi) is 6.60. The van der Waals surface area contributed by atoms with E-state index in [4.69, 9.17) is 46.4 Å². The molecule has 0 aliphatic carbocycles. The number of hydrogen-bond acceptors (Lipinski definition) is 2. The fraction of sp³-hybridized carbons (Fsp3) is 0.296. The summed E-state index contributed by atoms with van der Waals surface area (Å²) >= 11 is 24.7. The minimum atomic E-state index is -0.0816. The molecule has 0 N–H and O–H groups in total. The maximum Gasteiger partial charge on any atom is 0.259 e. The number of carbonyl (C=O) groups excluding carboxylic acids is 1. The number of amides is 1. The molecule has 34 heavy (non-hydrogen) atoms. The van der Waals surface area contributed by atoms with Crippen LogP contribution < -0.4 is 4.90 Å². The number of rotatable bonds is 3. The zero-order chi connectivity index (χ0) is 24.0. The van der Waals surface area contributed by atoms with E-state index < -0.39 is 0 Å². The molecule has 3 nitrogen and oxygen atoms in total. The highest BCUT2D eigenvalue weighted by molar-refractivity contribution is 6.42. The molecule has 5 rings (SSSR count). The maximum absolute atomic E-state index is 13.6. The van der Waals surface area contributed by atoms with Crippen LogP contribution in [0.3, 0.4) is 0 Å². The van der Waals surface area contributed by atoms with Gasteiger partial charge in [0.25, 0.3) is 5.91 Å². The summed E-state index contributed by atoms with van der Waals surface area (Å²) in [6, 6.07) is 17.3. The molecule has 0 atom stereocenters. The maximum atomic E-state index is 13.6. The van der Waals surface area contributed by atoms with Crippen LogP contribution in [0.4, 0.5) is 5.69 Å². The number of aryl methyl sites for hydroxylation is 1. The van der Waals surface area contributed by atoms with E-state index in [1.165, 1.54) is 11.1 Å². The van der Waals surface area contributed by atoms with E-state index in [0.29, 0.717) is 32.2 Å². The second-order valence-electron chi connectivity index (χ2n) is 9.34. The van der Waals surface area contributed by atoms with Crippen LogP contribution in [-0.2, 0) is 12.0 Å². The van der Waals surface area contributed by atoms with E-state index in [9.17, 15) is 4.79 Å². The highest BCUT2D eigenvalue weighted by Crippen LogP contribution is 2.48. The molecule has 2 aliphatic rings. The standard InChI is InChI=1S/C27H24Cl4N2O/c1-17-2-7-25-21(12-17)27(16-33(25)26(34)20-5-4-19(28)14-23(20)30)8-10-32(11-9-27)15-18-3-6-22(29)24(31)13-18/h2-7,12-14H,8-11,15-16H2,1H3.